The molecule has 4 heteroatoms. The highest BCUT2D eigenvalue weighted by Gasteiger charge is 2.10. The van der Waals surface area contributed by atoms with Gasteiger partial charge in [0.05, 0.1) is 11.6 Å². The van der Waals surface area contributed by atoms with Crippen molar-refractivity contribution in [2.24, 2.45) is 0 Å². The van der Waals surface area contributed by atoms with Gasteiger partial charge in [0, 0.05) is 11.3 Å². The molecule has 2 aromatic carbocycles. The van der Waals surface area contributed by atoms with Gasteiger partial charge in [0.15, 0.2) is 0 Å². The first-order valence-corrected chi connectivity index (χ1v) is 7.20. The number of benzene rings is 2. The van der Waals surface area contributed by atoms with Gasteiger partial charge in [-0.25, -0.2) is 0 Å². The van der Waals surface area contributed by atoms with E-state index in [2.05, 4.69) is 5.32 Å². The number of amides is 1. The van der Waals surface area contributed by atoms with Crippen LogP contribution >= 0.6 is 11.6 Å². The zero-order chi connectivity index (χ0) is 15.4. The maximum absolute atomic E-state index is 12.2. The van der Waals surface area contributed by atoms with Crippen LogP contribution in [0.4, 0.5) is 5.69 Å². The average Bonchev–Trinajstić information content (AvgIpc) is 2.45. The Morgan fingerprint density at radius 1 is 1.14 bits per heavy atom. The molecule has 0 fully saturated rings. The molecule has 0 heterocycles. The van der Waals surface area contributed by atoms with Crippen molar-refractivity contribution in [3.8, 4) is 5.75 Å². The summed E-state index contributed by atoms with van der Waals surface area (Å²) in [6.45, 7) is 6.47. The van der Waals surface area contributed by atoms with E-state index < -0.39 is 0 Å². The molecule has 0 aliphatic rings. The fraction of sp³-hybridized carbons (Fsp3) is 0.235. The third-order valence-corrected chi connectivity index (χ3v) is 3.55. The minimum atomic E-state index is -0.191. The molecule has 0 saturated heterocycles. The van der Waals surface area contributed by atoms with Crippen molar-refractivity contribution in [3.05, 3.63) is 58.1 Å². The molecular weight excluding hydrogens is 286 g/mol. The first kappa shape index (κ1) is 15.4. The molecule has 0 radical (unpaired) electrons. The Hall–Kier alpha value is -2.00. The zero-order valence-corrected chi connectivity index (χ0v) is 13.1. The Morgan fingerprint density at radius 3 is 2.52 bits per heavy atom. The molecular formula is C17H18ClNO2. The van der Waals surface area contributed by atoms with Gasteiger partial charge in [-0.2, -0.15) is 0 Å². The number of ether oxygens (including phenoxy) is 1. The highest BCUT2D eigenvalue weighted by molar-refractivity contribution is 6.32. The van der Waals surface area contributed by atoms with Gasteiger partial charge in [-0.3, -0.25) is 4.79 Å². The minimum Gasteiger partial charge on any atom is -0.492 e. The summed E-state index contributed by atoms with van der Waals surface area (Å²) >= 11 is 6.10. The Balaban J connectivity index is 2.16. The van der Waals surface area contributed by atoms with E-state index in [4.69, 9.17) is 16.3 Å². The molecule has 0 aliphatic heterocycles. The normalized spacial score (nSPS) is 10.3. The number of carbonyl (C=O) groups excluding carboxylic acids is 1. The average molecular weight is 304 g/mol. The SMILES string of the molecule is CCOc1ccc(C(=O)Nc2ccc(C)c(C)c2)cc1Cl. The summed E-state index contributed by atoms with van der Waals surface area (Å²) in [5.41, 5.74) is 3.60. The molecule has 0 unspecified atom stereocenters. The topological polar surface area (TPSA) is 38.3 Å². The van der Waals surface area contributed by atoms with E-state index in [-0.39, 0.29) is 5.91 Å². The van der Waals surface area contributed by atoms with Crippen molar-refractivity contribution >= 4 is 23.2 Å². The number of hydrogen-bond donors (Lipinski definition) is 1. The van der Waals surface area contributed by atoms with Gasteiger partial charge >= 0.3 is 0 Å². The zero-order valence-electron chi connectivity index (χ0n) is 12.4. The van der Waals surface area contributed by atoms with Crippen LogP contribution in [0.25, 0.3) is 0 Å². The van der Waals surface area contributed by atoms with Crippen LogP contribution < -0.4 is 10.1 Å². The lowest BCUT2D eigenvalue weighted by Crippen LogP contribution is -2.12. The molecule has 3 nitrogen and oxygen atoms in total. The summed E-state index contributed by atoms with van der Waals surface area (Å²) in [6, 6.07) is 10.8. The van der Waals surface area contributed by atoms with E-state index in [1.807, 2.05) is 39.0 Å². The molecule has 0 aliphatic carbocycles. The van der Waals surface area contributed by atoms with Gasteiger partial charge in [-0.05, 0) is 62.2 Å². The molecule has 2 rings (SSSR count). The van der Waals surface area contributed by atoms with Crippen LogP contribution in [0, 0.1) is 13.8 Å². The fourth-order valence-corrected chi connectivity index (χ4v) is 2.17. The fourth-order valence-electron chi connectivity index (χ4n) is 1.94. The van der Waals surface area contributed by atoms with E-state index in [1.54, 1.807) is 18.2 Å². The maximum Gasteiger partial charge on any atom is 0.255 e. The highest BCUT2D eigenvalue weighted by atomic mass is 35.5. The quantitative estimate of drug-likeness (QED) is 0.896. The number of anilines is 1. The van der Waals surface area contributed by atoms with Crippen LogP contribution in [0.2, 0.25) is 5.02 Å². The second-order valence-electron chi connectivity index (χ2n) is 4.83. The van der Waals surface area contributed by atoms with Crippen molar-refractivity contribution in [3.63, 3.8) is 0 Å². The Morgan fingerprint density at radius 2 is 1.90 bits per heavy atom. The number of aryl methyl sites for hydroxylation is 2. The third-order valence-electron chi connectivity index (χ3n) is 3.26. The van der Waals surface area contributed by atoms with Gasteiger partial charge in [0.1, 0.15) is 5.75 Å². The third kappa shape index (κ3) is 3.76. The van der Waals surface area contributed by atoms with Crippen molar-refractivity contribution in [2.75, 3.05) is 11.9 Å². The van der Waals surface area contributed by atoms with Crippen LogP contribution in [0.15, 0.2) is 36.4 Å². The maximum atomic E-state index is 12.2. The molecule has 1 N–H and O–H groups in total. The lowest BCUT2D eigenvalue weighted by molar-refractivity contribution is 0.102. The summed E-state index contributed by atoms with van der Waals surface area (Å²) in [4.78, 5) is 12.2. The number of rotatable bonds is 4. The molecule has 0 atom stereocenters. The molecule has 0 spiro atoms. The highest BCUT2D eigenvalue weighted by Crippen LogP contribution is 2.26. The summed E-state index contributed by atoms with van der Waals surface area (Å²) in [5, 5.41) is 3.30. The lowest BCUT2D eigenvalue weighted by atomic mass is 10.1. The van der Waals surface area contributed by atoms with Gasteiger partial charge in [0.25, 0.3) is 5.91 Å². The van der Waals surface area contributed by atoms with E-state index in [9.17, 15) is 4.79 Å². The second kappa shape index (κ2) is 6.64. The van der Waals surface area contributed by atoms with Crippen molar-refractivity contribution < 1.29 is 9.53 Å². The molecule has 1 amide bonds. The second-order valence-corrected chi connectivity index (χ2v) is 5.24. The number of halogens is 1. The Kier molecular flexibility index (Phi) is 4.86. The number of hydrogen-bond acceptors (Lipinski definition) is 2. The summed E-state index contributed by atoms with van der Waals surface area (Å²) in [5.74, 6) is 0.394. The molecule has 21 heavy (non-hydrogen) atoms. The molecule has 0 aromatic heterocycles. The molecule has 2 aromatic rings. The summed E-state index contributed by atoms with van der Waals surface area (Å²) < 4.78 is 5.35. The summed E-state index contributed by atoms with van der Waals surface area (Å²) in [6.07, 6.45) is 0. The number of nitrogens with one attached hydrogen (secondary N) is 1. The standard InChI is InChI=1S/C17H18ClNO2/c1-4-21-16-8-6-13(10-15(16)18)17(20)19-14-7-5-11(2)12(3)9-14/h5-10H,4H2,1-3H3,(H,19,20). The van der Waals surface area contributed by atoms with Crippen molar-refractivity contribution in [2.45, 2.75) is 20.8 Å². The van der Waals surface area contributed by atoms with Gasteiger partial charge in [-0.1, -0.05) is 17.7 Å². The van der Waals surface area contributed by atoms with Crippen LogP contribution in [0.1, 0.15) is 28.4 Å². The van der Waals surface area contributed by atoms with Gasteiger partial charge in [0.2, 0.25) is 0 Å². The smallest absolute Gasteiger partial charge is 0.255 e. The first-order chi connectivity index (χ1) is 10.0. The van der Waals surface area contributed by atoms with Gasteiger partial charge < -0.3 is 10.1 Å². The lowest BCUT2D eigenvalue weighted by Gasteiger charge is -2.10. The first-order valence-electron chi connectivity index (χ1n) is 6.82. The number of carbonyl (C=O) groups is 1. The van der Waals surface area contributed by atoms with Crippen LogP contribution in [-0.2, 0) is 0 Å². The molecule has 0 saturated carbocycles. The minimum absolute atomic E-state index is 0.191. The van der Waals surface area contributed by atoms with Gasteiger partial charge in [-0.15, -0.1) is 0 Å². The van der Waals surface area contributed by atoms with Crippen molar-refractivity contribution in [1.82, 2.24) is 0 Å². The van der Waals surface area contributed by atoms with Crippen LogP contribution in [-0.4, -0.2) is 12.5 Å². The van der Waals surface area contributed by atoms with Crippen LogP contribution in [0.5, 0.6) is 5.75 Å². The monoisotopic (exact) mass is 303 g/mol. The predicted molar refractivity (Wildman–Crippen MR) is 86.5 cm³/mol. The summed E-state index contributed by atoms with van der Waals surface area (Å²) in [7, 11) is 0. The largest absolute Gasteiger partial charge is 0.492 e. The predicted octanol–water partition coefficient (Wildman–Crippen LogP) is 4.61. The van der Waals surface area contributed by atoms with E-state index in [1.165, 1.54) is 5.56 Å². The van der Waals surface area contributed by atoms with E-state index in [0.29, 0.717) is 22.9 Å². The van der Waals surface area contributed by atoms with Crippen molar-refractivity contribution in [1.29, 1.82) is 0 Å². The van der Waals surface area contributed by atoms with Crippen LogP contribution in [0.3, 0.4) is 0 Å². The van der Waals surface area contributed by atoms with E-state index >= 15 is 0 Å². The molecule has 110 valence electrons. The van der Waals surface area contributed by atoms with E-state index in [0.717, 1.165) is 11.3 Å². The Labute approximate surface area is 129 Å². The molecule has 0 bridgehead atoms. The Bertz CT molecular complexity index is 668.